The maximum absolute atomic E-state index is 9.32. The average molecular weight is 405 g/mol. The second kappa shape index (κ2) is 6.11. The van der Waals surface area contributed by atoms with Crippen LogP contribution in [0.15, 0.2) is 18.2 Å². The van der Waals surface area contributed by atoms with Crippen molar-refractivity contribution in [2.24, 2.45) is 11.7 Å². The number of rotatable bonds is 2. The molecule has 95 valence electrons. The van der Waals surface area contributed by atoms with Crippen LogP contribution in [0.4, 0.5) is 0 Å². The molecule has 2 nitrogen and oxygen atoms in total. The van der Waals surface area contributed by atoms with E-state index in [0.717, 1.165) is 25.7 Å². The third kappa shape index (κ3) is 3.39. The number of fused-ring (bicyclic) bond motifs is 1. The number of hydrogen-bond acceptors (Lipinski definition) is 2. The molecule has 1 radical (unpaired) electrons. The van der Waals surface area contributed by atoms with Gasteiger partial charge in [0.1, 0.15) is 0 Å². The van der Waals surface area contributed by atoms with E-state index in [1.54, 1.807) is 0 Å². The first kappa shape index (κ1) is 14.9. The van der Waals surface area contributed by atoms with Crippen LogP contribution in [0.1, 0.15) is 30.9 Å². The Hall–Kier alpha value is -0.198. The topological polar surface area (TPSA) is 46.2 Å². The Morgan fingerprint density at radius 1 is 1.41 bits per heavy atom. The van der Waals surface area contributed by atoms with Crippen LogP contribution in [0.5, 0.6) is 0 Å². The zero-order valence-electron chi connectivity index (χ0n) is 10.2. The molecular formula is C14H20NORe-. The van der Waals surface area contributed by atoms with Gasteiger partial charge >= 0.3 is 0 Å². The van der Waals surface area contributed by atoms with Crippen molar-refractivity contribution >= 4 is 0 Å². The molecule has 0 fully saturated rings. The molecule has 3 N–H and O–H groups in total. The molecule has 0 heterocycles. The molecule has 2 unspecified atom stereocenters. The van der Waals surface area contributed by atoms with Crippen molar-refractivity contribution in [2.75, 3.05) is 6.61 Å². The Bertz CT molecular complexity index is 338. The van der Waals surface area contributed by atoms with E-state index in [9.17, 15) is 5.11 Å². The largest absolute Gasteiger partial charge is 0.394 e. The van der Waals surface area contributed by atoms with Crippen LogP contribution in [0.25, 0.3) is 0 Å². The summed E-state index contributed by atoms with van der Waals surface area (Å²) >= 11 is 0. The van der Waals surface area contributed by atoms with E-state index >= 15 is 0 Å². The summed E-state index contributed by atoms with van der Waals surface area (Å²) in [7, 11) is 0. The van der Waals surface area contributed by atoms with Crippen LogP contribution < -0.4 is 5.73 Å². The first-order valence-electron chi connectivity index (χ1n) is 6.01. The maximum Gasteiger partial charge on any atom is 0.0611 e. The normalized spacial score (nSPS) is 22.9. The predicted molar refractivity (Wildman–Crippen MR) is 65.1 cm³/mol. The summed E-state index contributed by atoms with van der Waals surface area (Å²) in [6.07, 6.45) is 4.27. The van der Waals surface area contributed by atoms with Crippen molar-refractivity contribution in [3.8, 4) is 0 Å². The number of nitrogens with two attached hydrogens (primary N) is 1. The maximum atomic E-state index is 9.32. The Balaban J connectivity index is 0.00000144. The second-order valence-corrected chi connectivity index (χ2v) is 5.13. The molecule has 0 aromatic heterocycles. The fourth-order valence-corrected chi connectivity index (χ4v) is 2.57. The van der Waals surface area contributed by atoms with Crippen LogP contribution in [0.2, 0.25) is 0 Å². The van der Waals surface area contributed by atoms with Crippen molar-refractivity contribution in [3.63, 3.8) is 0 Å². The second-order valence-electron chi connectivity index (χ2n) is 5.13. The van der Waals surface area contributed by atoms with Gasteiger partial charge in [0.15, 0.2) is 0 Å². The summed E-state index contributed by atoms with van der Waals surface area (Å²) in [5.74, 6) is 0.407. The number of aliphatic hydroxyl groups is 1. The zero-order chi connectivity index (χ0) is 11.6. The molecule has 0 saturated carbocycles. The molecule has 0 bridgehead atoms. The summed E-state index contributed by atoms with van der Waals surface area (Å²) in [4.78, 5) is 0. The number of benzene rings is 1. The van der Waals surface area contributed by atoms with Gasteiger partial charge in [0.25, 0.3) is 0 Å². The van der Waals surface area contributed by atoms with Gasteiger partial charge in [-0.25, -0.2) is 0 Å². The van der Waals surface area contributed by atoms with Crippen LogP contribution in [-0.2, 0) is 33.3 Å². The minimum absolute atomic E-state index is 0. The molecule has 0 saturated heterocycles. The Kier molecular flexibility index (Phi) is 5.34. The molecule has 0 amide bonds. The molecule has 1 aliphatic carbocycles. The van der Waals surface area contributed by atoms with E-state index < -0.39 is 5.54 Å². The van der Waals surface area contributed by atoms with Gasteiger partial charge < -0.3 is 10.8 Å². The predicted octanol–water partition coefficient (Wildman–Crippen LogP) is 1.69. The van der Waals surface area contributed by atoms with Crippen molar-refractivity contribution in [1.82, 2.24) is 0 Å². The third-order valence-electron chi connectivity index (χ3n) is 3.85. The van der Waals surface area contributed by atoms with Gasteiger partial charge in [0.2, 0.25) is 0 Å². The molecule has 0 spiro atoms. The molecule has 1 aromatic carbocycles. The fourth-order valence-electron chi connectivity index (χ4n) is 2.57. The number of hydrogen-bond donors (Lipinski definition) is 2. The molecule has 2 rings (SSSR count). The third-order valence-corrected chi connectivity index (χ3v) is 3.85. The van der Waals surface area contributed by atoms with Crippen LogP contribution in [-0.4, -0.2) is 17.3 Å². The molecule has 3 heteroatoms. The monoisotopic (exact) mass is 405 g/mol. The van der Waals surface area contributed by atoms with E-state index in [0.29, 0.717) is 5.92 Å². The van der Waals surface area contributed by atoms with Crippen molar-refractivity contribution in [3.05, 3.63) is 35.4 Å². The smallest absolute Gasteiger partial charge is 0.0611 e. The van der Waals surface area contributed by atoms with Gasteiger partial charge in [-0.2, -0.15) is 35.4 Å². The van der Waals surface area contributed by atoms with E-state index in [-0.39, 0.29) is 27.0 Å². The Labute approximate surface area is 117 Å². The molecule has 1 aromatic rings. The summed E-state index contributed by atoms with van der Waals surface area (Å²) < 4.78 is 0. The first-order valence-corrected chi connectivity index (χ1v) is 6.01. The summed E-state index contributed by atoms with van der Waals surface area (Å²) in [5.41, 5.74) is 8.53. The molecular weight excluding hydrogens is 384 g/mol. The summed E-state index contributed by atoms with van der Waals surface area (Å²) in [6.45, 7) is 2.03. The SMILES string of the molecule is CC(N)(CO)C1CCc2c[c-]ccc2CC1.[Re]. The Morgan fingerprint density at radius 3 is 2.71 bits per heavy atom. The van der Waals surface area contributed by atoms with Crippen molar-refractivity contribution in [2.45, 2.75) is 38.1 Å². The van der Waals surface area contributed by atoms with Gasteiger partial charge in [-0.1, -0.05) is 12.8 Å². The van der Waals surface area contributed by atoms with E-state index in [2.05, 4.69) is 18.2 Å². The van der Waals surface area contributed by atoms with E-state index in [1.807, 2.05) is 13.0 Å². The minimum Gasteiger partial charge on any atom is -0.394 e. The van der Waals surface area contributed by atoms with Crippen LogP contribution >= 0.6 is 0 Å². The summed E-state index contributed by atoms with van der Waals surface area (Å²) in [5, 5.41) is 9.32. The summed E-state index contributed by atoms with van der Waals surface area (Å²) in [6, 6.07) is 9.36. The van der Waals surface area contributed by atoms with Gasteiger partial charge in [-0.05, 0) is 25.7 Å². The molecule has 17 heavy (non-hydrogen) atoms. The average Bonchev–Trinajstić information content (AvgIpc) is 2.51. The fraction of sp³-hybridized carbons (Fsp3) is 0.571. The van der Waals surface area contributed by atoms with E-state index in [1.165, 1.54) is 11.1 Å². The number of aliphatic hydroxyl groups excluding tert-OH is 1. The van der Waals surface area contributed by atoms with Crippen LogP contribution in [0, 0.1) is 12.0 Å². The van der Waals surface area contributed by atoms with Crippen molar-refractivity contribution < 1.29 is 25.5 Å². The molecule has 2 atom stereocenters. The quantitative estimate of drug-likeness (QED) is 0.582. The van der Waals surface area contributed by atoms with Crippen molar-refractivity contribution in [1.29, 1.82) is 0 Å². The van der Waals surface area contributed by atoms with Gasteiger partial charge in [0, 0.05) is 26.0 Å². The van der Waals surface area contributed by atoms with Gasteiger partial charge in [0.05, 0.1) is 6.61 Å². The Morgan fingerprint density at radius 2 is 2.06 bits per heavy atom. The minimum atomic E-state index is -0.439. The van der Waals surface area contributed by atoms with Gasteiger partial charge in [-0.3, -0.25) is 0 Å². The standard InChI is InChI=1S/C14H20NO.Re/c1-14(15,10-16)13-8-6-11-4-2-3-5-12(11)7-9-13;/h2,4-5,13,16H,6-10,15H2,1H3;/q-1;. The zero-order valence-corrected chi connectivity index (χ0v) is 13.0. The van der Waals surface area contributed by atoms with E-state index in [4.69, 9.17) is 5.73 Å². The van der Waals surface area contributed by atoms with Crippen LogP contribution in [0.3, 0.4) is 0 Å². The molecule has 1 aliphatic rings. The van der Waals surface area contributed by atoms with Gasteiger partial charge in [-0.15, -0.1) is 0 Å². The first-order chi connectivity index (χ1) is 7.63. The number of aryl methyl sites for hydroxylation is 2. The molecule has 0 aliphatic heterocycles.